The second-order valence-electron chi connectivity index (χ2n) is 3.77. The van der Waals surface area contributed by atoms with Gasteiger partial charge in [-0.2, -0.15) is 0 Å². The Bertz CT molecular complexity index is 516. The van der Waals surface area contributed by atoms with Gasteiger partial charge in [0, 0.05) is 18.6 Å². The van der Waals surface area contributed by atoms with Crippen LogP contribution in [0.25, 0.3) is 0 Å². The zero-order valence-corrected chi connectivity index (χ0v) is 11.7. The maximum atomic E-state index is 6.13. The predicted molar refractivity (Wildman–Crippen MR) is 75.5 cm³/mol. The SMILES string of the molecule is CN(Cc1ccccc1Cl)c1cccc(Br)n1. The fourth-order valence-corrected chi connectivity index (χ4v) is 2.10. The molecule has 0 spiro atoms. The number of benzene rings is 1. The Morgan fingerprint density at radius 2 is 1.94 bits per heavy atom. The van der Waals surface area contributed by atoms with Gasteiger partial charge in [-0.15, -0.1) is 0 Å². The molecule has 0 aliphatic carbocycles. The summed E-state index contributed by atoms with van der Waals surface area (Å²) in [6, 6.07) is 13.7. The lowest BCUT2D eigenvalue weighted by Crippen LogP contribution is -2.17. The third-order valence-electron chi connectivity index (χ3n) is 2.46. The largest absolute Gasteiger partial charge is 0.355 e. The van der Waals surface area contributed by atoms with Crippen LogP contribution < -0.4 is 4.90 Å². The Labute approximate surface area is 114 Å². The average molecular weight is 312 g/mol. The van der Waals surface area contributed by atoms with Gasteiger partial charge in [-0.3, -0.25) is 0 Å². The standard InChI is InChI=1S/C13H12BrClN2/c1-17(13-8-4-7-12(14)16-13)9-10-5-2-3-6-11(10)15/h2-8H,9H2,1H3. The van der Waals surface area contributed by atoms with Crippen molar-refractivity contribution in [1.82, 2.24) is 4.98 Å². The van der Waals surface area contributed by atoms with E-state index in [0.717, 1.165) is 27.6 Å². The first kappa shape index (κ1) is 12.4. The van der Waals surface area contributed by atoms with Crippen molar-refractivity contribution < 1.29 is 0 Å². The lowest BCUT2D eigenvalue weighted by Gasteiger charge is -2.19. The first-order chi connectivity index (χ1) is 8.16. The molecule has 88 valence electrons. The van der Waals surface area contributed by atoms with Gasteiger partial charge >= 0.3 is 0 Å². The van der Waals surface area contributed by atoms with Crippen molar-refractivity contribution in [3.05, 3.63) is 57.7 Å². The molecule has 0 saturated carbocycles. The normalized spacial score (nSPS) is 10.3. The molecule has 0 fully saturated rings. The lowest BCUT2D eigenvalue weighted by molar-refractivity contribution is 0.895. The van der Waals surface area contributed by atoms with Crippen molar-refractivity contribution in [3.63, 3.8) is 0 Å². The van der Waals surface area contributed by atoms with Crippen LogP contribution in [0.1, 0.15) is 5.56 Å². The monoisotopic (exact) mass is 310 g/mol. The van der Waals surface area contributed by atoms with E-state index in [1.165, 1.54) is 0 Å². The van der Waals surface area contributed by atoms with Gasteiger partial charge in [-0.1, -0.05) is 35.9 Å². The zero-order chi connectivity index (χ0) is 12.3. The second-order valence-corrected chi connectivity index (χ2v) is 4.99. The van der Waals surface area contributed by atoms with E-state index in [1.807, 2.05) is 49.5 Å². The van der Waals surface area contributed by atoms with Gasteiger partial charge in [-0.05, 0) is 39.7 Å². The molecule has 1 aromatic heterocycles. The Kier molecular flexibility index (Phi) is 4.02. The van der Waals surface area contributed by atoms with Gasteiger partial charge in [0.1, 0.15) is 10.4 Å². The molecule has 1 aromatic carbocycles. The molecule has 2 rings (SSSR count). The first-order valence-corrected chi connectivity index (χ1v) is 6.41. The van der Waals surface area contributed by atoms with E-state index in [0.29, 0.717) is 0 Å². The van der Waals surface area contributed by atoms with Crippen LogP contribution in [-0.4, -0.2) is 12.0 Å². The zero-order valence-electron chi connectivity index (χ0n) is 9.40. The highest BCUT2D eigenvalue weighted by Gasteiger charge is 2.06. The Hall–Kier alpha value is -1.06. The number of hydrogen-bond acceptors (Lipinski definition) is 2. The van der Waals surface area contributed by atoms with E-state index in [1.54, 1.807) is 0 Å². The highest BCUT2D eigenvalue weighted by Crippen LogP contribution is 2.20. The molecule has 0 atom stereocenters. The Morgan fingerprint density at radius 1 is 1.18 bits per heavy atom. The van der Waals surface area contributed by atoms with Crippen molar-refractivity contribution in [2.45, 2.75) is 6.54 Å². The van der Waals surface area contributed by atoms with Crippen molar-refractivity contribution in [3.8, 4) is 0 Å². The summed E-state index contributed by atoms with van der Waals surface area (Å²) in [6.45, 7) is 0.739. The third kappa shape index (κ3) is 3.20. The van der Waals surface area contributed by atoms with E-state index in [2.05, 4.69) is 25.8 Å². The first-order valence-electron chi connectivity index (χ1n) is 5.24. The third-order valence-corrected chi connectivity index (χ3v) is 3.27. The van der Waals surface area contributed by atoms with Gasteiger partial charge in [0.15, 0.2) is 0 Å². The van der Waals surface area contributed by atoms with Crippen LogP contribution in [0.2, 0.25) is 5.02 Å². The molecule has 0 aliphatic heterocycles. The quantitative estimate of drug-likeness (QED) is 0.792. The Balaban J connectivity index is 2.17. The number of halogens is 2. The van der Waals surface area contributed by atoms with Gasteiger partial charge < -0.3 is 4.90 Å². The van der Waals surface area contributed by atoms with Gasteiger partial charge in [0.2, 0.25) is 0 Å². The van der Waals surface area contributed by atoms with Crippen LogP contribution in [0.5, 0.6) is 0 Å². The van der Waals surface area contributed by atoms with Gasteiger partial charge in [0.25, 0.3) is 0 Å². The highest BCUT2D eigenvalue weighted by atomic mass is 79.9. The summed E-state index contributed by atoms with van der Waals surface area (Å²) in [5, 5.41) is 0.786. The molecule has 0 aliphatic rings. The number of aromatic nitrogens is 1. The number of hydrogen-bond donors (Lipinski definition) is 0. The Morgan fingerprint density at radius 3 is 2.65 bits per heavy atom. The maximum absolute atomic E-state index is 6.13. The van der Waals surface area contributed by atoms with Crippen LogP contribution in [0.15, 0.2) is 47.1 Å². The summed E-state index contributed by atoms with van der Waals surface area (Å²) in [6.07, 6.45) is 0. The summed E-state index contributed by atoms with van der Waals surface area (Å²) in [5.74, 6) is 0.916. The number of anilines is 1. The van der Waals surface area contributed by atoms with Gasteiger partial charge in [-0.25, -0.2) is 4.98 Å². The van der Waals surface area contributed by atoms with Crippen molar-refractivity contribution in [2.24, 2.45) is 0 Å². The smallest absolute Gasteiger partial charge is 0.129 e. The summed E-state index contributed by atoms with van der Waals surface area (Å²) >= 11 is 9.50. The molecule has 1 heterocycles. The predicted octanol–water partition coefficient (Wildman–Crippen LogP) is 4.13. The molecule has 2 nitrogen and oxygen atoms in total. The molecule has 2 aromatic rings. The topological polar surface area (TPSA) is 16.1 Å². The van der Waals surface area contributed by atoms with Crippen molar-refractivity contribution in [1.29, 1.82) is 0 Å². The fraction of sp³-hybridized carbons (Fsp3) is 0.154. The van der Waals surface area contributed by atoms with E-state index < -0.39 is 0 Å². The molecular formula is C13H12BrClN2. The van der Waals surface area contributed by atoms with E-state index in [4.69, 9.17) is 11.6 Å². The molecule has 4 heteroatoms. The second kappa shape index (κ2) is 5.52. The van der Waals surface area contributed by atoms with Gasteiger partial charge in [0.05, 0.1) is 0 Å². The highest BCUT2D eigenvalue weighted by molar-refractivity contribution is 9.10. The van der Waals surface area contributed by atoms with Crippen LogP contribution >= 0.6 is 27.5 Å². The minimum absolute atomic E-state index is 0.739. The number of nitrogens with zero attached hydrogens (tertiary/aromatic N) is 2. The number of pyridine rings is 1. The van der Waals surface area contributed by atoms with E-state index >= 15 is 0 Å². The lowest BCUT2D eigenvalue weighted by atomic mass is 10.2. The van der Waals surface area contributed by atoms with Crippen LogP contribution in [0, 0.1) is 0 Å². The van der Waals surface area contributed by atoms with E-state index in [9.17, 15) is 0 Å². The summed E-state index contributed by atoms with van der Waals surface area (Å²) in [7, 11) is 2.00. The van der Waals surface area contributed by atoms with Crippen LogP contribution in [0.4, 0.5) is 5.82 Å². The molecule has 0 amide bonds. The molecule has 17 heavy (non-hydrogen) atoms. The average Bonchev–Trinajstić information content (AvgIpc) is 2.32. The summed E-state index contributed by atoms with van der Waals surface area (Å²) < 4.78 is 0.834. The maximum Gasteiger partial charge on any atom is 0.129 e. The summed E-state index contributed by atoms with van der Waals surface area (Å²) in [5.41, 5.74) is 1.10. The molecule has 0 radical (unpaired) electrons. The minimum atomic E-state index is 0.739. The van der Waals surface area contributed by atoms with E-state index in [-0.39, 0.29) is 0 Å². The number of rotatable bonds is 3. The minimum Gasteiger partial charge on any atom is -0.355 e. The molecular weight excluding hydrogens is 300 g/mol. The summed E-state index contributed by atoms with van der Waals surface area (Å²) in [4.78, 5) is 6.46. The van der Waals surface area contributed by atoms with Crippen LogP contribution in [-0.2, 0) is 6.54 Å². The van der Waals surface area contributed by atoms with Crippen molar-refractivity contribution >= 4 is 33.3 Å². The molecule has 0 unspecified atom stereocenters. The molecule has 0 saturated heterocycles. The fourth-order valence-electron chi connectivity index (χ4n) is 1.57. The van der Waals surface area contributed by atoms with Crippen molar-refractivity contribution in [2.75, 3.05) is 11.9 Å². The molecule has 0 bridgehead atoms. The molecule has 0 N–H and O–H groups in total. The van der Waals surface area contributed by atoms with Crippen LogP contribution in [0.3, 0.4) is 0 Å².